The monoisotopic (exact) mass is 209 g/mol. The normalized spacial score (nSPS) is 16.8. The molecule has 0 unspecified atom stereocenters. The lowest BCUT2D eigenvalue weighted by molar-refractivity contribution is 0.418. The highest BCUT2D eigenvalue weighted by atomic mass is 35.5. The maximum Gasteiger partial charge on any atom is 0.147 e. The van der Waals surface area contributed by atoms with Crippen molar-refractivity contribution in [2.45, 2.75) is 6.92 Å². The fraction of sp³-hybridized carbons (Fsp3) is 0.300. The molecule has 0 aliphatic carbocycles. The third-order valence-electron chi connectivity index (χ3n) is 2.44. The van der Waals surface area contributed by atoms with Gasteiger partial charge in [-0.25, -0.2) is 4.98 Å². The largest absolute Gasteiger partial charge is 0.290 e. The Morgan fingerprint density at radius 1 is 1.43 bits per heavy atom. The molecule has 3 nitrogen and oxygen atoms in total. The Kier molecular flexibility index (Phi) is 2.33. The average molecular weight is 210 g/mol. The molecule has 0 fully saturated rings. The number of halogens is 1. The van der Waals surface area contributed by atoms with E-state index in [4.69, 9.17) is 11.6 Å². The second-order valence-corrected chi connectivity index (χ2v) is 3.72. The summed E-state index contributed by atoms with van der Waals surface area (Å²) in [5, 5.41) is 4.93. The summed E-state index contributed by atoms with van der Waals surface area (Å²) in [6.07, 6.45) is 1.78. The van der Waals surface area contributed by atoms with Gasteiger partial charge in [-0.2, -0.15) is 0 Å². The third kappa shape index (κ3) is 1.44. The predicted molar refractivity (Wildman–Crippen MR) is 57.9 cm³/mol. The smallest absolute Gasteiger partial charge is 0.147 e. The number of allylic oxidation sites excluding steroid dienone is 1. The highest BCUT2D eigenvalue weighted by molar-refractivity contribution is 6.30. The molecule has 1 aromatic heterocycles. The van der Waals surface area contributed by atoms with Crippen LogP contribution in [0.15, 0.2) is 35.1 Å². The van der Waals surface area contributed by atoms with Crippen molar-refractivity contribution in [2.24, 2.45) is 0 Å². The predicted octanol–water partition coefficient (Wildman–Crippen LogP) is 2.22. The molecule has 2 heterocycles. The lowest BCUT2D eigenvalue weighted by atomic mass is 10.4. The molecule has 74 valence electrons. The van der Waals surface area contributed by atoms with Gasteiger partial charge in [0.05, 0.1) is 11.6 Å². The van der Waals surface area contributed by atoms with Crippen molar-refractivity contribution in [3.05, 3.63) is 35.1 Å². The maximum absolute atomic E-state index is 6.07. The van der Waals surface area contributed by atoms with E-state index in [0.717, 1.165) is 16.5 Å². The van der Waals surface area contributed by atoms with E-state index in [-0.39, 0.29) is 0 Å². The molecule has 2 rings (SSSR count). The highest BCUT2D eigenvalue weighted by Crippen LogP contribution is 2.27. The van der Waals surface area contributed by atoms with Crippen molar-refractivity contribution in [2.75, 3.05) is 18.6 Å². The highest BCUT2D eigenvalue weighted by Gasteiger charge is 2.23. The van der Waals surface area contributed by atoms with Gasteiger partial charge >= 0.3 is 0 Å². The zero-order valence-electron chi connectivity index (χ0n) is 8.24. The minimum atomic E-state index is 0.709. The fourth-order valence-electron chi connectivity index (χ4n) is 1.45. The quantitative estimate of drug-likeness (QED) is 0.707. The number of hydrogen-bond donors (Lipinski definition) is 0. The van der Waals surface area contributed by atoms with Gasteiger partial charge in [0.2, 0.25) is 0 Å². The number of hydrogen-bond acceptors (Lipinski definition) is 3. The van der Waals surface area contributed by atoms with Crippen molar-refractivity contribution in [3.63, 3.8) is 0 Å². The molecular formula is C10H12ClN3. The third-order valence-corrected chi connectivity index (χ3v) is 2.84. The number of rotatable bonds is 1. The Labute approximate surface area is 88.6 Å². The van der Waals surface area contributed by atoms with Gasteiger partial charge < -0.3 is 0 Å². The molecule has 0 N–H and O–H groups in total. The molecule has 0 spiro atoms. The van der Waals surface area contributed by atoms with Crippen LogP contribution in [0, 0.1) is 0 Å². The van der Waals surface area contributed by atoms with Gasteiger partial charge in [-0.1, -0.05) is 17.7 Å². The van der Waals surface area contributed by atoms with Crippen LogP contribution < -0.4 is 5.01 Å². The van der Waals surface area contributed by atoms with Gasteiger partial charge in [0.25, 0.3) is 0 Å². The van der Waals surface area contributed by atoms with Gasteiger partial charge in [-0.15, -0.1) is 0 Å². The number of pyridine rings is 1. The number of aromatic nitrogens is 1. The summed E-state index contributed by atoms with van der Waals surface area (Å²) in [5.41, 5.74) is 1.08. The van der Waals surface area contributed by atoms with E-state index >= 15 is 0 Å². The molecule has 0 atom stereocenters. The molecule has 0 aromatic carbocycles. The molecule has 0 saturated heterocycles. The van der Waals surface area contributed by atoms with Crippen LogP contribution in [0.5, 0.6) is 0 Å². The van der Waals surface area contributed by atoms with Crippen LogP contribution in [0.3, 0.4) is 0 Å². The van der Waals surface area contributed by atoms with Crippen LogP contribution in [0.25, 0.3) is 0 Å². The summed E-state index contributed by atoms with van der Waals surface area (Å²) in [6, 6.07) is 5.85. The summed E-state index contributed by atoms with van der Waals surface area (Å²) < 4.78 is 0. The van der Waals surface area contributed by atoms with E-state index in [1.807, 2.05) is 42.2 Å². The second kappa shape index (κ2) is 3.50. The fourth-order valence-corrected chi connectivity index (χ4v) is 1.69. The van der Waals surface area contributed by atoms with Crippen molar-refractivity contribution in [1.29, 1.82) is 0 Å². The number of nitrogens with zero attached hydrogens (tertiary/aromatic N) is 3. The van der Waals surface area contributed by atoms with Crippen LogP contribution >= 0.6 is 11.6 Å². The van der Waals surface area contributed by atoms with Gasteiger partial charge in [0.1, 0.15) is 5.82 Å². The Balaban J connectivity index is 2.25. The zero-order valence-corrected chi connectivity index (χ0v) is 8.99. The second-order valence-electron chi connectivity index (χ2n) is 3.26. The zero-order chi connectivity index (χ0) is 10.1. The van der Waals surface area contributed by atoms with Gasteiger partial charge in [-0.05, 0) is 19.1 Å². The topological polar surface area (TPSA) is 19.4 Å². The van der Waals surface area contributed by atoms with E-state index in [2.05, 4.69) is 4.98 Å². The number of hydrazine groups is 1. The molecule has 0 saturated carbocycles. The van der Waals surface area contributed by atoms with Crippen LogP contribution in [0.4, 0.5) is 5.82 Å². The molecule has 0 radical (unpaired) electrons. The Hall–Kier alpha value is -1.22. The van der Waals surface area contributed by atoms with Crippen molar-refractivity contribution < 1.29 is 0 Å². The summed E-state index contributed by atoms with van der Waals surface area (Å²) in [6.45, 7) is 2.71. The molecule has 0 bridgehead atoms. The first kappa shape index (κ1) is 9.34. The first-order valence-electron chi connectivity index (χ1n) is 4.47. The summed E-state index contributed by atoms with van der Waals surface area (Å²) in [5.74, 6) is 0.921. The van der Waals surface area contributed by atoms with E-state index < -0.39 is 0 Å². The summed E-state index contributed by atoms with van der Waals surface area (Å²) >= 11 is 6.07. The summed E-state index contributed by atoms with van der Waals surface area (Å²) in [4.78, 5) is 4.28. The maximum atomic E-state index is 6.07. The van der Waals surface area contributed by atoms with E-state index in [9.17, 15) is 0 Å². The molecule has 0 amide bonds. The van der Waals surface area contributed by atoms with Crippen LogP contribution in [-0.4, -0.2) is 23.6 Å². The average Bonchev–Trinajstić information content (AvgIpc) is 2.47. The van der Waals surface area contributed by atoms with Crippen molar-refractivity contribution >= 4 is 17.4 Å². The SMILES string of the molecule is CC1=C(Cl)CN(c2ccccn2)N1C. The minimum absolute atomic E-state index is 0.709. The first-order chi connectivity index (χ1) is 6.70. The minimum Gasteiger partial charge on any atom is -0.290 e. The molecular weight excluding hydrogens is 198 g/mol. The molecule has 1 aliphatic rings. The molecule has 14 heavy (non-hydrogen) atoms. The molecule has 1 aromatic rings. The van der Waals surface area contributed by atoms with Crippen LogP contribution in [0.1, 0.15) is 6.92 Å². The van der Waals surface area contributed by atoms with Crippen LogP contribution in [-0.2, 0) is 0 Å². The Bertz CT molecular complexity index is 361. The lowest BCUT2D eigenvalue weighted by Gasteiger charge is -2.27. The Morgan fingerprint density at radius 2 is 2.21 bits per heavy atom. The van der Waals surface area contributed by atoms with E-state index in [1.54, 1.807) is 6.20 Å². The van der Waals surface area contributed by atoms with Crippen molar-refractivity contribution in [1.82, 2.24) is 9.99 Å². The van der Waals surface area contributed by atoms with Gasteiger partial charge in [0, 0.05) is 18.9 Å². The van der Waals surface area contributed by atoms with Crippen molar-refractivity contribution in [3.8, 4) is 0 Å². The number of anilines is 1. The van der Waals surface area contributed by atoms with Gasteiger partial charge in [-0.3, -0.25) is 10.0 Å². The standard InChI is InChI=1S/C10H12ClN3/c1-8-9(11)7-14(13(8)2)10-5-3-4-6-12-10/h3-6H,7H2,1-2H3. The summed E-state index contributed by atoms with van der Waals surface area (Å²) in [7, 11) is 1.99. The van der Waals surface area contributed by atoms with E-state index in [0.29, 0.717) is 6.54 Å². The first-order valence-corrected chi connectivity index (χ1v) is 4.85. The van der Waals surface area contributed by atoms with E-state index in [1.165, 1.54) is 0 Å². The van der Waals surface area contributed by atoms with Gasteiger partial charge in [0.15, 0.2) is 0 Å². The molecule has 1 aliphatic heterocycles. The molecule has 4 heteroatoms. The van der Waals surface area contributed by atoms with Crippen LogP contribution in [0.2, 0.25) is 0 Å². The Morgan fingerprint density at radius 3 is 2.71 bits per heavy atom. The lowest BCUT2D eigenvalue weighted by Crippen LogP contribution is -2.34.